The first-order valence-corrected chi connectivity index (χ1v) is 8.39. The van der Waals surface area contributed by atoms with Crippen LogP contribution < -0.4 is 5.32 Å². The number of nitrogens with one attached hydrogen (secondary N) is 1. The molecule has 1 N–H and O–H groups in total. The molecule has 1 saturated heterocycles. The summed E-state index contributed by atoms with van der Waals surface area (Å²) in [6.07, 6.45) is 1.21. The third-order valence-corrected chi connectivity index (χ3v) is 4.78. The largest absolute Gasteiger partial charge is 0.381 e. The maximum atomic E-state index is 5.52. The summed E-state index contributed by atoms with van der Waals surface area (Å²) in [7, 11) is 0. The Morgan fingerprint density at radius 3 is 3.05 bits per heavy atom. The summed E-state index contributed by atoms with van der Waals surface area (Å²) in [5.41, 5.74) is 2.79. The van der Waals surface area contributed by atoms with Crippen molar-refractivity contribution in [1.82, 2.24) is 5.32 Å². The monoisotopic (exact) mass is 279 g/mol. The van der Waals surface area contributed by atoms with Gasteiger partial charge in [0.1, 0.15) is 0 Å². The highest BCUT2D eigenvalue weighted by Gasteiger charge is 2.24. The van der Waals surface area contributed by atoms with Crippen molar-refractivity contribution in [1.29, 1.82) is 0 Å². The first kappa shape index (κ1) is 14.9. The second-order valence-corrected chi connectivity index (χ2v) is 6.32. The number of rotatable bonds is 7. The van der Waals surface area contributed by atoms with Gasteiger partial charge in [-0.2, -0.15) is 11.8 Å². The number of ether oxygens (including phenoxy) is 1. The molecule has 2 rings (SSSR count). The lowest BCUT2D eigenvalue weighted by molar-refractivity contribution is 0.179. The van der Waals surface area contributed by atoms with Gasteiger partial charge in [0.25, 0.3) is 0 Å². The van der Waals surface area contributed by atoms with Crippen molar-refractivity contribution in [3.8, 4) is 0 Å². The molecule has 0 amide bonds. The molecule has 2 unspecified atom stereocenters. The van der Waals surface area contributed by atoms with E-state index in [0.29, 0.717) is 12.0 Å². The number of hydrogen-bond acceptors (Lipinski definition) is 3. The molecule has 0 bridgehead atoms. The van der Waals surface area contributed by atoms with E-state index in [1.54, 1.807) is 0 Å². The maximum Gasteiger partial charge on any atom is 0.0510 e. The lowest BCUT2D eigenvalue weighted by Gasteiger charge is -2.22. The third kappa shape index (κ3) is 4.83. The van der Waals surface area contributed by atoms with Gasteiger partial charge in [0.15, 0.2) is 0 Å². The van der Waals surface area contributed by atoms with Crippen molar-refractivity contribution < 1.29 is 4.74 Å². The van der Waals surface area contributed by atoms with Gasteiger partial charge in [0, 0.05) is 30.1 Å². The second kappa shape index (κ2) is 7.93. The molecule has 0 spiro atoms. The zero-order chi connectivity index (χ0) is 13.5. The van der Waals surface area contributed by atoms with Gasteiger partial charge in [-0.1, -0.05) is 36.8 Å². The van der Waals surface area contributed by atoms with Gasteiger partial charge in [-0.3, -0.25) is 0 Å². The quantitative estimate of drug-likeness (QED) is 0.828. The summed E-state index contributed by atoms with van der Waals surface area (Å²) < 4.78 is 5.52. The number of thioether (sulfide) groups is 1. The summed E-state index contributed by atoms with van der Waals surface area (Å²) in [5, 5.41) is 3.62. The fraction of sp³-hybridized carbons (Fsp3) is 0.625. The smallest absolute Gasteiger partial charge is 0.0510 e. The summed E-state index contributed by atoms with van der Waals surface area (Å²) in [6, 6.07) is 9.42. The molecule has 0 aromatic heterocycles. The molecule has 1 heterocycles. The van der Waals surface area contributed by atoms with Gasteiger partial charge >= 0.3 is 0 Å². The average Bonchev–Trinajstić information content (AvgIpc) is 2.91. The van der Waals surface area contributed by atoms with Crippen LogP contribution in [0.15, 0.2) is 24.3 Å². The van der Waals surface area contributed by atoms with Crippen LogP contribution in [-0.4, -0.2) is 31.6 Å². The fourth-order valence-corrected chi connectivity index (χ4v) is 3.78. The summed E-state index contributed by atoms with van der Waals surface area (Å²) in [4.78, 5) is 0. The highest BCUT2D eigenvalue weighted by Crippen LogP contribution is 2.22. The molecule has 2 atom stereocenters. The molecule has 1 aliphatic heterocycles. The number of aryl methyl sites for hydroxylation is 1. The predicted octanol–water partition coefficient (Wildman–Crippen LogP) is 3.24. The van der Waals surface area contributed by atoms with Crippen LogP contribution in [0.4, 0.5) is 0 Å². The SMILES string of the molecule is CCNC(CSCc1cccc(C)c1)C1CCOC1. The lowest BCUT2D eigenvalue weighted by atomic mass is 10.0. The molecule has 106 valence electrons. The minimum atomic E-state index is 0.599. The summed E-state index contributed by atoms with van der Waals surface area (Å²) >= 11 is 2.03. The molecule has 1 fully saturated rings. The van der Waals surface area contributed by atoms with Crippen molar-refractivity contribution in [2.75, 3.05) is 25.5 Å². The van der Waals surface area contributed by atoms with Crippen LogP contribution in [0.5, 0.6) is 0 Å². The van der Waals surface area contributed by atoms with Crippen LogP contribution in [0, 0.1) is 12.8 Å². The Morgan fingerprint density at radius 1 is 1.47 bits per heavy atom. The highest BCUT2D eigenvalue weighted by atomic mass is 32.2. The minimum absolute atomic E-state index is 0.599. The van der Waals surface area contributed by atoms with E-state index in [4.69, 9.17) is 4.74 Å². The van der Waals surface area contributed by atoms with Gasteiger partial charge in [0.05, 0.1) is 6.61 Å². The Bertz CT molecular complexity index is 377. The van der Waals surface area contributed by atoms with Crippen LogP contribution in [0.3, 0.4) is 0 Å². The van der Waals surface area contributed by atoms with Crippen LogP contribution in [0.1, 0.15) is 24.5 Å². The minimum Gasteiger partial charge on any atom is -0.381 e. The van der Waals surface area contributed by atoms with Crippen molar-refractivity contribution >= 4 is 11.8 Å². The molecule has 3 heteroatoms. The molecular formula is C16H25NOS. The van der Waals surface area contributed by atoms with E-state index in [1.807, 2.05) is 11.8 Å². The maximum absolute atomic E-state index is 5.52. The van der Waals surface area contributed by atoms with Crippen LogP contribution in [0.2, 0.25) is 0 Å². The number of hydrogen-bond donors (Lipinski definition) is 1. The Balaban J connectivity index is 1.78. The van der Waals surface area contributed by atoms with Crippen molar-refractivity contribution in [3.05, 3.63) is 35.4 Å². The summed E-state index contributed by atoms with van der Waals surface area (Å²) in [6.45, 7) is 7.27. The zero-order valence-corrected chi connectivity index (χ0v) is 12.8. The first-order valence-electron chi connectivity index (χ1n) is 7.24. The van der Waals surface area contributed by atoms with Gasteiger partial charge < -0.3 is 10.1 Å². The van der Waals surface area contributed by atoms with Crippen LogP contribution in [0.25, 0.3) is 0 Å². The van der Waals surface area contributed by atoms with E-state index in [-0.39, 0.29) is 0 Å². The fourth-order valence-electron chi connectivity index (χ4n) is 2.60. The lowest BCUT2D eigenvalue weighted by Crippen LogP contribution is -2.38. The molecule has 19 heavy (non-hydrogen) atoms. The second-order valence-electron chi connectivity index (χ2n) is 5.29. The predicted molar refractivity (Wildman–Crippen MR) is 83.7 cm³/mol. The molecule has 0 saturated carbocycles. The molecular weight excluding hydrogens is 254 g/mol. The molecule has 1 aromatic rings. The summed E-state index contributed by atoms with van der Waals surface area (Å²) in [5.74, 6) is 2.98. The molecule has 0 radical (unpaired) electrons. The van der Waals surface area contributed by atoms with Crippen molar-refractivity contribution in [2.45, 2.75) is 32.1 Å². The number of benzene rings is 1. The Labute approximate surface area is 121 Å². The topological polar surface area (TPSA) is 21.3 Å². The zero-order valence-electron chi connectivity index (χ0n) is 12.0. The van der Waals surface area contributed by atoms with Gasteiger partial charge in [-0.05, 0) is 25.5 Å². The van der Waals surface area contributed by atoms with Crippen LogP contribution >= 0.6 is 11.8 Å². The van der Waals surface area contributed by atoms with Crippen molar-refractivity contribution in [2.24, 2.45) is 5.92 Å². The molecule has 2 nitrogen and oxygen atoms in total. The van der Waals surface area contributed by atoms with E-state index < -0.39 is 0 Å². The van der Waals surface area contributed by atoms with Crippen molar-refractivity contribution in [3.63, 3.8) is 0 Å². The standard InChI is InChI=1S/C16H25NOS/c1-3-17-16(15-7-8-18-10-15)12-19-11-14-6-4-5-13(2)9-14/h4-6,9,15-17H,3,7-8,10-12H2,1-2H3. The highest BCUT2D eigenvalue weighted by molar-refractivity contribution is 7.98. The molecule has 1 aromatic carbocycles. The van der Waals surface area contributed by atoms with E-state index in [0.717, 1.165) is 25.5 Å². The average molecular weight is 279 g/mol. The Hall–Kier alpha value is -0.510. The van der Waals surface area contributed by atoms with Crippen LogP contribution in [-0.2, 0) is 10.5 Å². The normalized spacial score (nSPS) is 20.6. The Morgan fingerprint density at radius 2 is 2.37 bits per heavy atom. The van der Waals surface area contributed by atoms with E-state index in [1.165, 1.54) is 23.3 Å². The van der Waals surface area contributed by atoms with Gasteiger partial charge in [-0.25, -0.2) is 0 Å². The van der Waals surface area contributed by atoms with Gasteiger partial charge in [0.2, 0.25) is 0 Å². The van der Waals surface area contributed by atoms with E-state index in [9.17, 15) is 0 Å². The Kier molecular flexibility index (Phi) is 6.21. The molecule has 0 aliphatic carbocycles. The van der Waals surface area contributed by atoms with Gasteiger partial charge in [-0.15, -0.1) is 0 Å². The first-order chi connectivity index (χ1) is 9.29. The van der Waals surface area contributed by atoms with E-state index >= 15 is 0 Å². The molecule has 1 aliphatic rings. The third-order valence-electron chi connectivity index (χ3n) is 3.65. The van der Waals surface area contributed by atoms with E-state index in [2.05, 4.69) is 43.4 Å².